The van der Waals surface area contributed by atoms with Gasteiger partial charge in [-0.2, -0.15) is 0 Å². The fourth-order valence-corrected chi connectivity index (χ4v) is 2.58. The fourth-order valence-electron chi connectivity index (χ4n) is 2.58. The number of nitrogens with zero attached hydrogens (tertiary/aromatic N) is 1. The van der Waals surface area contributed by atoms with Crippen molar-refractivity contribution in [1.29, 1.82) is 0 Å². The molecule has 0 bridgehead atoms. The monoisotopic (exact) mass is 296 g/mol. The Morgan fingerprint density at radius 2 is 1.95 bits per heavy atom. The lowest BCUT2D eigenvalue weighted by Gasteiger charge is -2.15. The Labute approximate surface area is 128 Å². The predicted octanol–water partition coefficient (Wildman–Crippen LogP) is 3.66. The minimum absolute atomic E-state index is 0.0482. The van der Waals surface area contributed by atoms with E-state index in [0.29, 0.717) is 0 Å². The van der Waals surface area contributed by atoms with Crippen LogP contribution in [0, 0.1) is 5.82 Å². The molecule has 4 heteroatoms. The maximum atomic E-state index is 13.2. The summed E-state index contributed by atoms with van der Waals surface area (Å²) in [6.07, 6.45) is 1.80. The number of rotatable bonds is 4. The smallest absolute Gasteiger partial charge is 0.240 e. The van der Waals surface area contributed by atoms with E-state index in [1.165, 1.54) is 12.1 Å². The average molecular weight is 296 g/mol. The van der Waals surface area contributed by atoms with Crippen molar-refractivity contribution in [3.05, 3.63) is 72.2 Å². The van der Waals surface area contributed by atoms with Crippen molar-refractivity contribution in [1.82, 2.24) is 9.88 Å². The lowest BCUT2D eigenvalue weighted by molar-refractivity contribution is -0.122. The SMILES string of the molecule is CC(NC(=O)Cn1ccc2cc(F)ccc21)c1ccccc1. The van der Waals surface area contributed by atoms with Gasteiger partial charge in [-0.3, -0.25) is 4.79 Å². The van der Waals surface area contributed by atoms with Crippen LogP contribution in [-0.4, -0.2) is 10.5 Å². The first-order chi connectivity index (χ1) is 10.6. The molecule has 2 aromatic carbocycles. The van der Waals surface area contributed by atoms with Crippen molar-refractivity contribution in [2.75, 3.05) is 0 Å². The molecule has 0 aliphatic carbocycles. The molecule has 1 aromatic heterocycles. The topological polar surface area (TPSA) is 34.0 Å². The molecule has 3 rings (SSSR count). The van der Waals surface area contributed by atoms with Crippen LogP contribution in [0.5, 0.6) is 0 Å². The summed E-state index contributed by atoms with van der Waals surface area (Å²) in [7, 11) is 0. The fraction of sp³-hybridized carbons (Fsp3) is 0.167. The quantitative estimate of drug-likeness (QED) is 0.783. The lowest BCUT2D eigenvalue weighted by Crippen LogP contribution is -2.29. The van der Waals surface area contributed by atoms with Crippen LogP contribution in [0.1, 0.15) is 18.5 Å². The Bertz CT molecular complexity index is 795. The molecule has 0 aliphatic heterocycles. The maximum Gasteiger partial charge on any atom is 0.240 e. The van der Waals surface area contributed by atoms with Crippen LogP contribution in [0.2, 0.25) is 0 Å². The Morgan fingerprint density at radius 3 is 2.73 bits per heavy atom. The van der Waals surface area contributed by atoms with E-state index in [1.54, 1.807) is 12.3 Å². The third-order valence-electron chi connectivity index (χ3n) is 3.72. The largest absolute Gasteiger partial charge is 0.348 e. The summed E-state index contributed by atoms with van der Waals surface area (Å²) in [6, 6.07) is 16.1. The van der Waals surface area contributed by atoms with E-state index in [4.69, 9.17) is 0 Å². The van der Waals surface area contributed by atoms with Gasteiger partial charge in [0.25, 0.3) is 0 Å². The van der Waals surface area contributed by atoms with Crippen LogP contribution in [-0.2, 0) is 11.3 Å². The molecule has 0 radical (unpaired) electrons. The van der Waals surface area contributed by atoms with E-state index in [2.05, 4.69) is 5.32 Å². The number of hydrogen-bond donors (Lipinski definition) is 1. The van der Waals surface area contributed by atoms with Crippen LogP contribution < -0.4 is 5.32 Å². The van der Waals surface area contributed by atoms with Gasteiger partial charge in [-0.15, -0.1) is 0 Å². The number of fused-ring (bicyclic) bond motifs is 1. The minimum Gasteiger partial charge on any atom is -0.348 e. The summed E-state index contributed by atoms with van der Waals surface area (Å²) in [5.41, 5.74) is 1.92. The van der Waals surface area contributed by atoms with Crippen LogP contribution >= 0.6 is 0 Å². The summed E-state index contributed by atoms with van der Waals surface area (Å²) >= 11 is 0. The van der Waals surface area contributed by atoms with Crippen molar-refractivity contribution >= 4 is 16.8 Å². The van der Waals surface area contributed by atoms with Crippen molar-refractivity contribution in [2.24, 2.45) is 0 Å². The molecule has 0 fully saturated rings. The van der Waals surface area contributed by atoms with Crippen molar-refractivity contribution < 1.29 is 9.18 Å². The highest BCUT2D eigenvalue weighted by Gasteiger charge is 2.11. The summed E-state index contributed by atoms with van der Waals surface area (Å²) in [5.74, 6) is -0.342. The van der Waals surface area contributed by atoms with Gasteiger partial charge in [0.1, 0.15) is 12.4 Å². The normalized spacial score (nSPS) is 12.3. The molecule has 0 spiro atoms. The zero-order valence-electron chi connectivity index (χ0n) is 12.3. The summed E-state index contributed by atoms with van der Waals surface area (Å²) in [6.45, 7) is 2.17. The number of amides is 1. The number of carbonyl (C=O) groups is 1. The third-order valence-corrected chi connectivity index (χ3v) is 3.72. The standard InChI is InChI=1S/C18H17FN2O/c1-13(14-5-3-2-4-6-14)20-18(22)12-21-10-9-15-11-16(19)7-8-17(15)21/h2-11,13H,12H2,1H3,(H,20,22). The van der Waals surface area contributed by atoms with Gasteiger partial charge in [-0.05, 0) is 36.8 Å². The van der Waals surface area contributed by atoms with Gasteiger partial charge in [-0.1, -0.05) is 30.3 Å². The predicted molar refractivity (Wildman–Crippen MR) is 84.9 cm³/mol. The number of benzene rings is 2. The molecule has 112 valence electrons. The minimum atomic E-state index is -0.271. The van der Waals surface area contributed by atoms with Crippen LogP contribution in [0.15, 0.2) is 60.8 Å². The molecule has 1 atom stereocenters. The molecule has 1 N–H and O–H groups in total. The molecule has 3 aromatic rings. The zero-order valence-corrected chi connectivity index (χ0v) is 12.3. The molecular weight excluding hydrogens is 279 g/mol. The first-order valence-electron chi connectivity index (χ1n) is 7.22. The van der Waals surface area contributed by atoms with E-state index in [1.807, 2.05) is 47.9 Å². The van der Waals surface area contributed by atoms with Gasteiger partial charge >= 0.3 is 0 Å². The highest BCUT2D eigenvalue weighted by atomic mass is 19.1. The van der Waals surface area contributed by atoms with E-state index >= 15 is 0 Å². The van der Waals surface area contributed by atoms with E-state index in [9.17, 15) is 9.18 Å². The molecule has 1 unspecified atom stereocenters. The average Bonchev–Trinajstić information content (AvgIpc) is 2.90. The van der Waals surface area contributed by atoms with Gasteiger partial charge in [0.15, 0.2) is 0 Å². The number of halogens is 1. The summed E-state index contributed by atoms with van der Waals surface area (Å²) in [4.78, 5) is 12.2. The molecule has 1 heterocycles. The molecular formula is C18H17FN2O. The molecule has 1 amide bonds. The molecule has 22 heavy (non-hydrogen) atoms. The first-order valence-corrected chi connectivity index (χ1v) is 7.22. The van der Waals surface area contributed by atoms with Crippen molar-refractivity contribution in [3.8, 4) is 0 Å². The van der Waals surface area contributed by atoms with Gasteiger partial charge in [0.2, 0.25) is 5.91 Å². The van der Waals surface area contributed by atoms with Crippen molar-refractivity contribution in [3.63, 3.8) is 0 Å². The second kappa shape index (κ2) is 6.02. The Balaban J connectivity index is 1.71. The van der Waals surface area contributed by atoms with Crippen LogP contribution in [0.3, 0.4) is 0 Å². The number of nitrogens with one attached hydrogen (secondary N) is 1. The molecule has 0 aliphatic rings. The summed E-state index contributed by atoms with van der Waals surface area (Å²) in [5, 5.41) is 3.77. The van der Waals surface area contributed by atoms with Crippen LogP contribution in [0.4, 0.5) is 4.39 Å². The molecule has 0 saturated carbocycles. The third kappa shape index (κ3) is 3.01. The highest BCUT2D eigenvalue weighted by Crippen LogP contribution is 2.17. The number of hydrogen-bond acceptors (Lipinski definition) is 1. The molecule has 0 saturated heterocycles. The first kappa shape index (κ1) is 14.3. The second-order valence-corrected chi connectivity index (χ2v) is 5.35. The lowest BCUT2D eigenvalue weighted by atomic mass is 10.1. The number of aromatic nitrogens is 1. The van der Waals surface area contributed by atoms with Crippen LogP contribution in [0.25, 0.3) is 10.9 Å². The Morgan fingerprint density at radius 1 is 1.18 bits per heavy atom. The second-order valence-electron chi connectivity index (χ2n) is 5.35. The summed E-state index contributed by atoms with van der Waals surface area (Å²) < 4.78 is 15.0. The van der Waals surface area contributed by atoms with Gasteiger partial charge in [0.05, 0.1) is 6.04 Å². The van der Waals surface area contributed by atoms with E-state index in [-0.39, 0.29) is 24.3 Å². The van der Waals surface area contributed by atoms with E-state index < -0.39 is 0 Å². The number of carbonyl (C=O) groups excluding carboxylic acids is 1. The van der Waals surface area contributed by atoms with Gasteiger partial charge < -0.3 is 9.88 Å². The molecule has 3 nitrogen and oxygen atoms in total. The van der Waals surface area contributed by atoms with E-state index in [0.717, 1.165) is 16.5 Å². The Kier molecular flexibility index (Phi) is 3.92. The van der Waals surface area contributed by atoms with Crippen molar-refractivity contribution in [2.45, 2.75) is 19.5 Å². The zero-order chi connectivity index (χ0) is 15.5. The maximum absolute atomic E-state index is 13.2. The Hall–Kier alpha value is -2.62. The highest BCUT2D eigenvalue weighted by molar-refractivity contribution is 5.83. The van der Waals surface area contributed by atoms with Gasteiger partial charge in [0, 0.05) is 17.1 Å². The van der Waals surface area contributed by atoms with Gasteiger partial charge in [-0.25, -0.2) is 4.39 Å².